The lowest BCUT2D eigenvalue weighted by molar-refractivity contribution is 0.102. The van der Waals surface area contributed by atoms with Crippen LogP contribution in [0.4, 0.5) is 5.69 Å². The molecule has 5 rings (SSSR count). The van der Waals surface area contributed by atoms with Crippen molar-refractivity contribution >= 4 is 22.6 Å². The predicted molar refractivity (Wildman–Crippen MR) is 145 cm³/mol. The summed E-state index contributed by atoms with van der Waals surface area (Å²) < 4.78 is 6.01. The Labute approximate surface area is 215 Å². The van der Waals surface area contributed by atoms with Crippen LogP contribution in [0.2, 0.25) is 0 Å². The van der Waals surface area contributed by atoms with Crippen LogP contribution in [-0.4, -0.2) is 26.0 Å². The standard InChI is InChI=1S/C30H28N4O3/c1-3-4-8-22-17-20(2)18-28(29(22)35)34-32-26-16-15-25(19-27(26)33-34)37-24-13-11-23(12-14-24)31-30(36)21-9-6-5-7-10-21/h5-7,9-19,35H,3-4,8H2,1-2H3,(H,31,36). The Bertz CT molecular complexity index is 1540. The van der Waals surface area contributed by atoms with Gasteiger partial charge in [-0.05, 0) is 85.5 Å². The maximum absolute atomic E-state index is 12.4. The van der Waals surface area contributed by atoms with Gasteiger partial charge in [0.15, 0.2) is 0 Å². The number of fused-ring (bicyclic) bond motifs is 1. The molecule has 0 spiro atoms. The van der Waals surface area contributed by atoms with Crippen LogP contribution in [0.3, 0.4) is 0 Å². The number of aromatic hydroxyl groups is 1. The zero-order valence-corrected chi connectivity index (χ0v) is 20.8. The van der Waals surface area contributed by atoms with Gasteiger partial charge in [-0.2, -0.15) is 0 Å². The van der Waals surface area contributed by atoms with E-state index in [1.807, 2.05) is 55.5 Å². The van der Waals surface area contributed by atoms with E-state index in [4.69, 9.17) is 4.74 Å². The highest BCUT2D eigenvalue weighted by atomic mass is 16.5. The van der Waals surface area contributed by atoms with Crippen LogP contribution in [0.1, 0.15) is 41.3 Å². The molecule has 1 amide bonds. The van der Waals surface area contributed by atoms with E-state index in [1.54, 1.807) is 36.4 Å². The predicted octanol–water partition coefficient (Wildman–Crippen LogP) is 6.82. The third-order valence-electron chi connectivity index (χ3n) is 6.06. The van der Waals surface area contributed by atoms with Gasteiger partial charge < -0.3 is 15.2 Å². The lowest BCUT2D eigenvalue weighted by atomic mass is 10.0. The average molecular weight is 493 g/mol. The van der Waals surface area contributed by atoms with Crippen LogP contribution in [0, 0.1) is 6.92 Å². The van der Waals surface area contributed by atoms with Crippen molar-refractivity contribution in [3.05, 3.63) is 102 Å². The zero-order valence-electron chi connectivity index (χ0n) is 20.8. The summed E-state index contributed by atoms with van der Waals surface area (Å²) in [6, 6.07) is 25.6. The first kappa shape index (κ1) is 24.1. The Morgan fingerprint density at radius 3 is 2.41 bits per heavy atom. The fourth-order valence-corrected chi connectivity index (χ4v) is 4.14. The molecular formula is C30H28N4O3. The van der Waals surface area contributed by atoms with E-state index < -0.39 is 0 Å². The van der Waals surface area contributed by atoms with Crippen molar-refractivity contribution in [3.63, 3.8) is 0 Å². The number of aromatic nitrogens is 3. The van der Waals surface area contributed by atoms with Gasteiger partial charge in [0.05, 0.1) is 0 Å². The van der Waals surface area contributed by atoms with Gasteiger partial charge in [-0.3, -0.25) is 4.79 Å². The number of rotatable bonds is 8. The average Bonchev–Trinajstić information content (AvgIpc) is 3.34. The van der Waals surface area contributed by atoms with Crippen LogP contribution in [0.25, 0.3) is 16.7 Å². The third kappa shape index (κ3) is 5.46. The number of amides is 1. The summed E-state index contributed by atoms with van der Waals surface area (Å²) in [4.78, 5) is 13.8. The topological polar surface area (TPSA) is 89.3 Å². The maximum Gasteiger partial charge on any atom is 0.255 e. The summed E-state index contributed by atoms with van der Waals surface area (Å²) in [6.45, 7) is 4.14. The third-order valence-corrected chi connectivity index (χ3v) is 6.06. The second kappa shape index (κ2) is 10.5. The van der Waals surface area contributed by atoms with Gasteiger partial charge in [-0.25, -0.2) is 0 Å². The normalized spacial score (nSPS) is 11.0. The number of phenols is 1. The number of hydrogen-bond acceptors (Lipinski definition) is 5. The summed E-state index contributed by atoms with van der Waals surface area (Å²) in [5, 5.41) is 22.9. The number of ether oxygens (including phenoxy) is 1. The molecular weight excluding hydrogens is 464 g/mol. The molecule has 0 aliphatic rings. The van der Waals surface area contributed by atoms with E-state index in [1.165, 1.54) is 4.80 Å². The lowest BCUT2D eigenvalue weighted by Gasteiger charge is -2.10. The van der Waals surface area contributed by atoms with E-state index in [0.29, 0.717) is 39.5 Å². The van der Waals surface area contributed by atoms with E-state index in [9.17, 15) is 9.90 Å². The van der Waals surface area contributed by atoms with Crippen molar-refractivity contribution in [2.24, 2.45) is 0 Å². The van der Waals surface area contributed by atoms with Crippen LogP contribution < -0.4 is 10.1 Å². The van der Waals surface area contributed by atoms with Gasteiger partial charge in [0, 0.05) is 17.3 Å². The van der Waals surface area contributed by atoms with Crippen molar-refractivity contribution in [1.82, 2.24) is 15.0 Å². The fraction of sp³-hybridized carbons (Fsp3) is 0.167. The van der Waals surface area contributed by atoms with Crippen LogP contribution in [-0.2, 0) is 6.42 Å². The molecule has 0 saturated carbocycles. The minimum absolute atomic E-state index is 0.167. The minimum atomic E-state index is -0.167. The molecule has 0 bridgehead atoms. The van der Waals surface area contributed by atoms with Crippen LogP contribution >= 0.6 is 0 Å². The van der Waals surface area contributed by atoms with Crippen molar-refractivity contribution in [3.8, 4) is 22.9 Å². The Hall–Kier alpha value is -4.65. The number of nitrogens with zero attached hydrogens (tertiary/aromatic N) is 3. The largest absolute Gasteiger partial charge is 0.505 e. The summed E-state index contributed by atoms with van der Waals surface area (Å²) in [5.41, 5.74) is 5.15. The second-order valence-corrected chi connectivity index (χ2v) is 8.98. The van der Waals surface area contributed by atoms with E-state index in [2.05, 4.69) is 22.4 Å². The molecule has 0 atom stereocenters. The molecule has 7 nitrogen and oxygen atoms in total. The number of hydrogen-bond donors (Lipinski definition) is 2. The number of aryl methyl sites for hydroxylation is 2. The highest BCUT2D eigenvalue weighted by Gasteiger charge is 2.14. The number of carbonyl (C=O) groups is 1. The van der Waals surface area contributed by atoms with Gasteiger partial charge in [0.1, 0.15) is 34.0 Å². The summed E-state index contributed by atoms with van der Waals surface area (Å²) in [6.07, 6.45) is 2.87. The summed E-state index contributed by atoms with van der Waals surface area (Å²) in [5.74, 6) is 1.29. The molecule has 5 aromatic rings. The Balaban J connectivity index is 1.32. The van der Waals surface area contributed by atoms with E-state index in [-0.39, 0.29) is 11.7 Å². The Kier molecular flexibility index (Phi) is 6.85. The first-order valence-electron chi connectivity index (χ1n) is 12.3. The molecule has 186 valence electrons. The van der Waals surface area contributed by atoms with Gasteiger partial charge in [-0.15, -0.1) is 15.0 Å². The number of anilines is 1. The van der Waals surface area contributed by atoms with Crippen molar-refractivity contribution < 1.29 is 14.6 Å². The van der Waals surface area contributed by atoms with Gasteiger partial charge in [0.2, 0.25) is 0 Å². The lowest BCUT2D eigenvalue weighted by Crippen LogP contribution is -2.11. The van der Waals surface area contributed by atoms with Gasteiger partial charge in [0.25, 0.3) is 5.91 Å². The molecule has 0 radical (unpaired) electrons. The highest BCUT2D eigenvalue weighted by molar-refractivity contribution is 6.04. The number of benzene rings is 4. The van der Waals surface area contributed by atoms with Crippen LogP contribution in [0.5, 0.6) is 17.2 Å². The van der Waals surface area contributed by atoms with Crippen molar-refractivity contribution in [2.75, 3.05) is 5.32 Å². The van der Waals surface area contributed by atoms with Crippen molar-refractivity contribution in [2.45, 2.75) is 33.1 Å². The smallest absolute Gasteiger partial charge is 0.255 e. The number of carbonyl (C=O) groups excluding carboxylic acids is 1. The minimum Gasteiger partial charge on any atom is -0.505 e. The SMILES string of the molecule is CCCCc1cc(C)cc(-n2nc3ccc(Oc4ccc(NC(=O)c5ccccc5)cc4)cc3n2)c1O. The first-order chi connectivity index (χ1) is 18.0. The molecule has 0 fully saturated rings. The molecule has 0 aliphatic heterocycles. The summed E-state index contributed by atoms with van der Waals surface area (Å²) >= 11 is 0. The van der Waals surface area contributed by atoms with E-state index >= 15 is 0 Å². The molecule has 1 aromatic heterocycles. The molecule has 37 heavy (non-hydrogen) atoms. The molecule has 1 heterocycles. The molecule has 0 unspecified atom stereocenters. The number of unbranched alkanes of at least 4 members (excludes halogenated alkanes) is 1. The monoisotopic (exact) mass is 492 g/mol. The van der Waals surface area contributed by atoms with Gasteiger partial charge >= 0.3 is 0 Å². The molecule has 4 aromatic carbocycles. The van der Waals surface area contributed by atoms with Crippen molar-refractivity contribution in [1.29, 1.82) is 0 Å². The molecule has 7 heteroatoms. The fourth-order valence-electron chi connectivity index (χ4n) is 4.14. The molecule has 0 saturated heterocycles. The number of phenolic OH excluding ortho intramolecular Hbond substituents is 1. The van der Waals surface area contributed by atoms with Gasteiger partial charge in [-0.1, -0.05) is 37.6 Å². The molecule has 2 N–H and O–H groups in total. The van der Waals surface area contributed by atoms with E-state index in [0.717, 1.165) is 30.4 Å². The Morgan fingerprint density at radius 1 is 0.919 bits per heavy atom. The second-order valence-electron chi connectivity index (χ2n) is 8.98. The molecule has 0 aliphatic carbocycles. The highest BCUT2D eigenvalue weighted by Crippen LogP contribution is 2.30. The summed E-state index contributed by atoms with van der Waals surface area (Å²) in [7, 11) is 0. The Morgan fingerprint density at radius 2 is 1.65 bits per heavy atom. The first-order valence-corrected chi connectivity index (χ1v) is 12.3. The quantitative estimate of drug-likeness (QED) is 0.248. The number of nitrogens with one attached hydrogen (secondary N) is 1. The zero-order chi connectivity index (χ0) is 25.8. The maximum atomic E-state index is 12.4. The van der Waals surface area contributed by atoms with Crippen LogP contribution in [0.15, 0.2) is 84.9 Å².